The zero-order valence-corrected chi connectivity index (χ0v) is 25.2. The van der Waals surface area contributed by atoms with E-state index in [-0.39, 0.29) is 23.9 Å². The number of rotatable bonds is 5. The van der Waals surface area contributed by atoms with Gasteiger partial charge in [-0.05, 0) is 109 Å². The molecule has 0 bridgehead atoms. The number of amides is 2. The quantitative estimate of drug-likeness (QED) is 0.225. The molecule has 6 N–H and O–H groups in total. The maximum absolute atomic E-state index is 12.3. The van der Waals surface area contributed by atoms with Crippen molar-refractivity contribution in [3.63, 3.8) is 0 Å². The summed E-state index contributed by atoms with van der Waals surface area (Å²) in [6.45, 7) is 0.435. The average Bonchev–Trinajstić information content (AvgIpc) is 3.01. The van der Waals surface area contributed by atoms with E-state index in [0.717, 1.165) is 44.1 Å². The van der Waals surface area contributed by atoms with Crippen molar-refractivity contribution in [2.75, 3.05) is 5.32 Å². The van der Waals surface area contributed by atoms with Crippen molar-refractivity contribution in [3.05, 3.63) is 122 Å². The van der Waals surface area contributed by atoms with Crippen LogP contribution in [0.4, 0.5) is 5.69 Å². The van der Waals surface area contributed by atoms with E-state index in [1.54, 1.807) is 24.4 Å². The molecular formula is C33H34Cl2N6O2. The molecule has 2 aromatic carbocycles. The summed E-state index contributed by atoms with van der Waals surface area (Å²) in [6, 6.07) is 19.1. The fourth-order valence-corrected chi connectivity index (χ4v) is 5.52. The number of aromatic nitrogens is 2. The van der Waals surface area contributed by atoms with E-state index >= 15 is 0 Å². The molecule has 2 atom stereocenters. The number of carbonyl (C=O) groups excluding carboxylic acids is 2. The number of halogens is 2. The molecule has 2 heterocycles. The first-order valence-electron chi connectivity index (χ1n) is 14.3. The van der Waals surface area contributed by atoms with Gasteiger partial charge in [0.2, 0.25) is 0 Å². The lowest BCUT2D eigenvalue weighted by molar-refractivity contribution is 0.0950. The lowest BCUT2D eigenvalue weighted by Crippen LogP contribution is -2.28. The number of pyridine rings is 2. The summed E-state index contributed by atoms with van der Waals surface area (Å²) in [4.78, 5) is 32.4. The van der Waals surface area contributed by atoms with Gasteiger partial charge in [0.05, 0.1) is 11.9 Å². The van der Waals surface area contributed by atoms with Gasteiger partial charge in [-0.1, -0.05) is 41.4 Å². The van der Waals surface area contributed by atoms with Crippen LogP contribution in [0.1, 0.15) is 61.4 Å². The summed E-state index contributed by atoms with van der Waals surface area (Å²) in [7, 11) is 0. The van der Waals surface area contributed by atoms with E-state index in [9.17, 15) is 9.59 Å². The molecule has 0 spiro atoms. The molecule has 0 fully saturated rings. The molecule has 10 heteroatoms. The third-order valence-corrected chi connectivity index (χ3v) is 8.14. The van der Waals surface area contributed by atoms with Gasteiger partial charge in [0, 0.05) is 36.0 Å². The standard InChI is InChI=1S/C17H18ClN3O.C16H16ClN3O/c18-16-6-1-11(9-20-16)10-21-17(22)14-3-2-13-8-15(19)5-4-12(13)7-14;17-15-6-5-14(9-19-15)20-16(21)12-2-1-11-8-13(18)4-3-10(11)7-12/h1-3,6-7,9,15H,4-5,8,10,19H2,(H,21,22);1-2,5-7,9,13H,3-4,8,18H2,(H,20,21). The molecule has 2 aliphatic carbocycles. The van der Waals surface area contributed by atoms with E-state index in [0.29, 0.717) is 33.7 Å². The molecule has 4 aromatic rings. The summed E-state index contributed by atoms with van der Waals surface area (Å²) >= 11 is 11.5. The van der Waals surface area contributed by atoms with Gasteiger partial charge >= 0.3 is 0 Å². The monoisotopic (exact) mass is 616 g/mol. The minimum Gasteiger partial charge on any atom is -0.348 e. The average molecular weight is 618 g/mol. The van der Waals surface area contributed by atoms with Crippen LogP contribution in [0.15, 0.2) is 73.1 Å². The lowest BCUT2D eigenvalue weighted by Gasteiger charge is -2.21. The summed E-state index contributed by atoms with van der Waals surface area (Å²) in [5.41, 5.74) is 19.8. The number of nitrogens with zero attached hydrogens (tertiary/aromatic N) is 2. The summed E-state index contributed by atoms with van der Waals surface area (Å²) in [6.07, 6.45) is 8.81. The number of anilines is 1. The Morgan fingerprint density at radius 1 is 0.721 bits per heavy atom. The molecule has 6 rings (SSSR count). The molecule has 2 aliphatic rings. The second-order valence-corrected chi connectivity index (χ2v) is 11.7. The van der Waals surface area contributed by atoms with Crippen LogP contribution in [-0.4, -0.2) is 33.9 Å². The van der Waals surface area contributed by atoms with Gasteiger partial charge in [0.1, 0.15) is 10.3 Å². The Hall–Kier alpha value is -3.82. The first kappa shape index (κ1) is 30.6. The second kappa shape index (κ2) is 14.1. The highest BCUT2D eigenvalue weighted by Gasteiger charge is 2.18. The highest BCUT2D eigenvalue weighted by atomic mass is 35.5. The summed E-state index contributed by atoms with van der Waals surface area (Å²) in [5, 5.41) is 6.57. The van der Waals surface area contributed by atoms with Crippen molar-refractivity contribution in [3.8, 4) is 0 Å². The summed E-state index contributed by atoms with van der Waals surface area (Å²) < 4.78 is 0. The van der Waals surface area contributed by atoms with Gasteiger partial charge in [-0.15, -0.1) is 0 Å². The first-order valence-corrected chi connectivity index (χ1v) is 15.1. The third-order valence-electron chi connectivity index (χ3n) is 7.70. The zero-order chi connectivity index (χ0) is 30.3. The van der Waals surface area contributed by atoms with Crippen molar-refractivity contribution < 1.29 is 9.59 Å². The molecule has 0 saturated carbocycles. The SMILES string of the molecule is NC1CCc2cc(C(=O)NCc3ccc(Cl)nc3)ccc2C1.NC1CCc2cc(C(=O)Nc3ccc(Cl)nc3)ccc2C1. The minimum absolute atomic E-state index is 0.0763. The predicted molar refractivity (Wildman–Crippen MR) is 171 cm³/mol. The number of nitrogens with two attached hydrogens (primary N) is 2. The van der Waals surface area contributed by atoms with Crippen LogP contribution in [0.2, 0.25) is 10.3 Å². The Balaban J connectivity index is 0.000000171. The predicted octanol–water partition coefficient (Wildman–Crippen LogP) is 5.28. The fraction of sp³-hybridized carbons (Fsp3) is 0.273. The van der Waals surface area contributed by atoms with Gasteiger partial charge in [-0.2, -0.15) is 0 Å². The maximum atomic E-state index is 12.3. The normalized spacial score (nSPS) is 17.0. The van der Waals surface area contributed by atoms with Crippen molar-refractivity contribution >= 4 is 40.7 Å². The van der Waals surface area contributed by atoms with Crippen LogP contribution in [0, 0.1) is 0 Å². The molecule has 43 heavy (non-hydrogen) atoms. The fourth-order valence-electron chi connectivity index (χ4n) is 5.30. The summed E-state index contributed by atoms with van der Waals surface area (Å²) in [5.74, 6) is -0.218. The van der Waals surface area contributed by atoms with Gasteiger partial charge in [-0.25, -0.2) is 9.97 Å². The third kappa shape index (κ3) is 8.39. The van der Waals surface area contributed by atoms with E-state index < -0.39 is 0 Å². The molecule has 8 nitrogen and oxygen atoms in total. The molecule has 222 valence electrons. The number of carbonyl (C=O) groups is 2. The molecule has 0 radical (unpaired) electrons. The Morgan fingerprint density at radius 2 is 1.28 bits per heavy atom. The highest BCUT2D eigenvalue weighted by molar-refractivity contribution is 6.29. The molecular weight excluding hydrogens is 583 g/mol. The molecule has 2 amide bonds. The van der Waals surface area contributed by atoms with Crippen molar-refractivity contribution in [1.82, 2.24) is 15.3 Å². The van der Waals surface area contributed by atoms with Crippen LogP contribution in [-0.2, 0) is 32.2 Å². The van der Waals surface area contributed by atoms with E-state index in [4.69, 9.17) is 34.7 Å². The number of fused-ring (bicyclic) bond motifs is 2. The number of nitrogens with one attached hydrogen (secondary N) is 2. The smallest absolute Gasteiger partial charge is 0.255 e. The maximum Gasteiger partial charge on any atom is 0.255 e. The minimum atomic E-state index is -0.142. The number of benzene rings is 2. The van der Waals surface area contributed by atoms with E-state index in [1.165, 1.54) is 28.5 Å². The van der Waals surface area contributed by atoms with Crippen LogP contribution in [0.25, 0.3) is 0 Å². The Labute approximate surface area is 261 Å². The van der Waals surface area contributed by atoms with Crippen molar-refractivity contribution in [2.24, 2.45) is 11.5 Å². The Bertz CT molecular complexity index is 1590. The number of aryl methyl sites for hydroxylation is 2. The largest absolute Gasteiger partial charge is 0.348 e. The lowest BCUT2D eigenvalue weighted by atomic mass is 9.87. The van der Waals surface area contributed by atoms with Gasteiger partial charge < -0.3 is 22.1 Å². The van der Waals surface area contributed by atoms with Crippen LogP contribution in [0.5, 0.6) is 0 Å². The second-order valence-electron chi connectivity index (χ2n) is 11.0. The Morgan fingerprint density at radius 3 is 1.81 bits per heavy atom. The zero-order valence-electron chi connectivity index (χ0n) is 23.7. The Kier molecular flexibility index (Phi) is 10.0. The van der Waals surface area contributed by atoms with E-state index in [1.807, 2.05) is 42.5 Å². The molecule has 2 unspecified atom stereocenters. The molecule has 0 saturated heterocycles. The highest BCUT2D eigenvalue weighted by Crippen LogP contribution is 2.23. The van der Waals surface area contributed by atoms with Crippen molar-refractivity contribution in [1.29, 1.82) is 0 Å². The first-order chi connectivity index (χ1) is 20.7. The van der Waals surface area contributed by atoms with Crippen LogP contribution >= 0.6 is 23.2 Å². The van der Waals surface area contributed by atoms with Crippen LogP contribution in [0.3, 0.4) is 0 Å². The van der Waals surface area contributed by atoms with Gasteiger partial charge in [0.15, 0.2) is 0 Å². The van der Waals surface area contributed by atoms with Crippen LogP contribution < -0.4 is 22.1 Å². The molecule has 2 aromatic heterocycles. The number of hydrogen-bond donors (Lipinski definition) is 4. The van der Waals surface area contributed by atoms with E-state index in [2.05, 4.69) is 20.6 Å². The van der Waals surface area contributed by atoms with Crippen molar-refractivity contribution in [2.45, 2.75) is 57.2 Å². The topological polar surface area (TPSA) is 136 Å². The van der Waals surface area contributed by atoms with Gasteiger partial charge in [-0.3, -0.25) is 9.59 Å². The van der Waals surface area contributed by atoms with Gasteiger partial charge in [0.25, 0.3) is 11.8 Å². The molecule has 0 aliphatic heterocycles. The number of hydrogen-bond acceptors (Lipinski definition) is 6.